The molecule has 1 aliphatic rings. The van der Waals surface area contributed by atoms with Gasteiger partial charge in [-0.3, -0.25) is 9.48 Å². The van der Waals surface area contributed by atoms with Crippen molar-refractivity contribution in [3.63, 3.8) is 0 Å². The number of carboxylic acids is 1. The SMILES string of the molecule is CCO[C@@H]1C[C@@](NC(=O)c2cc(C)nn2C)(C(=O)O)C1(C)C. The summed E-state index contributed by atoms with van der Waals surface area (Å²) in [6.07, 6.45) is 0.0633. The van der Waals surface area contributed by atoms with Crippen molar-refractivity contribution in [2.45, 2.75) is 45.8 Å². The molecule has 1 fully saturated rings. The van der Waals surface area contributed by atoms with Crippen LogP contribution in [0.1, 0.15) is 43.4 Å². The fraction of sp³-hybridized carbons (Fsp3) is 0.667. The molecule has 0 bridgehead atoms. The van der Waals surface area contributed by atoms with E-state index in [4.69, 9.17) is 4.74 Å². The summed E-state index contributed by atoms with van der Waals surface area (Å²) >= 11 is 0. The van der Waals surface area contributed by atoms with E-state index in [0.29, 0.717) is 18.0 Å². The van der Waals surface area contributed by atoms with Crippen molar-refractivity contribution in [1.82, 2.24) is 15.1 Å². The lowest BCUT2D eigenvalue weighted by atomic mass is 9.54. The molecule has 2 N–H and O–H groups in total. The Morgan fingerprint density at radius 3 is 2.59 bits per heavy atom. The normalized spacial score (nSPS) is 26.3. The first kappa shape index (κ1) is 16.5. The standard InChI is InChI=1S/C15H23N3O4/c1-6-22-11-8-15(13(20)21,14(11,3)4)16-12(19)10-7-9(2)17-18(10)5/h7,11H,6,8H2,1-5H3,(H,16,19)(H,20,21)/t11-,15-/m1/s1. The van der Waals surface area contributed by atoms with Crippen LogP contribution in [-0.2, 0) is 16.6 Å². The summed E-state index contributed by atoms with van der Waals surface area (Å²) in [5, 5.41) is 16.5. The van der Waals surface area contributed by atoms with Gasteiger partial charge >= 0.3 is 5.97 Å². The van der Waals surface area contributed by atoms with Crippen LogP contribution in [-0.4, -0.2) is 45.0 Å². The largest absolute Gasteiger partial charge is 0.479 e. The van der Waals surface area contributed by atoms with E-state index < -0.39 is 22.8 Å². The van der Waals surface area contributed by atoms with Crippen LogP contribution in [0.25, 0.3) is 0 Å². The number of carbonyl (C=O) groups is 2. The number of aliphatic carboxylic acids is 1. The number of amides is 1. The van der Waals surface area contributed by atoms with Gasteiger partial charge in [-0.2, -0.15) is 5.10 Å². The van der Waals surface area contributed by atoms with Crippen molar-refractivity contribution in [1.29, 1.82) is 0 Å². The van der Waals surface area contributed by atoms with Gasteiger partial charge in [0.05, 0.1) is 11.8 Å². The highest BCUT2D eigenvalue weighted by atomic mass is 16.5. The summed E-state index contributed by atoms with van der Waals surface area (Å²) in [6.45, 7) is 7.77. The minimum absolute atomic E-state index is 0.192. The average Bonchev–Trinajstić information content (AvgIpc) is 2.75. The molecular weight excluding hydrogens is 286 g/mol. The highest BCUT2D eigenvalue weighted by molar-refractivity contribution is 5.97. The summed E-state index contributed by atoms with van der Waals surface area (Å²) in [5.41, 5.74) is -0.980. The minimum Gasteiger partial charge on any atom is -0.479 e. The number of carbonyl (C=O) groups excluding carboxylic acids is 1. The molecule has 1 amide bonds. The summed E-state index contributed by atoms with van der Waals surface area (Å²) in [6, 6.07) is 1.64. The number of ether oxygens (including phenoxy) is 1. The molecular formula is C15H23N3O4. The maximum Gasteiger partial charge on any atom is 0.330 e. The first-order valence-corrected chi connectivity index (χ1v) is 7.34. The maximum atomic E-state index is 12.5. The predicted octanol–water partition coefficient (Wildman–Crippen LogP) is 1.12. The Hall–Kier alpha value is -1.89. The molecule has 0 saturated heterocycles. The van der Waals surface area contributed by atoms with Gasteiger partial charge in [0, 0.05) is 25.5 Å². The Morgan fingerprint density at radius 2 is 2.18 bits per heavy atom. The van der Waals surface area contributed by atoms with Crippen molar-refractivity contribution in [3.05, 3.63) is 17.5 Å². The van der Waals surface area contributed by atoms with E-state index in [1.807, 2.05) is 6.92 Å². The molecule has 1 aliphatic carbocycles. The summed E-state index contributed by atoms with van der Waals surface area (Å²) in [4.78, 5) is 24.3. The average molecular weight is 309 g/mol. The molecule has 0 aromatic carbocycles. The number of aromatic nitrogens is 2. The van der Waals surface area contributed by atoms with Gasteiger partial charge < -0.3 is 15.2 Å². The van der Waals surface area contributed by atoms with Crippen molar-refractivity contribution < 1.29 is 19.4 Å². The number of aryl methyl sites for hydroxylation is 2. The summed E-state index contributed by atoms with van der Waals surface area (Å²) in [7, 11) is 1.66. The molecule has 22 heavy (non-hydrogen) atoms. The Bertz CT molecular complexity index is 608. The minimum atomic E-state index is -1.33. The molecule has 0 radical (unpaired) electrons. The zero-order valence-electron chi connectivity index (χ0n) is 13.6. The van der Waals surface area contributed by atoms with Crippen molar-refractivity contribution in [2.24, 2.45) is 12.5 Å². The van der Waals surface area contributed by atoms with E-state index >= 15 is 0 Å². The number of carboxylic acid groups (broad SMARTS) is 1. The second-order valence-corrected chi connectivity index (χ2v) is 6.33. The van der Waals surface area contributed by atoms with Crippen LogP contribution >= 0.6 is 0 Å². The molecule has 122 valence electrons. The van der Waals surface area contributed by atoms with Gasteiger partial charge in [0.2, 0.25) is 0 Å². The van der Waals surface area contributed by atoms with Crippen LogP contribution in [0, 0.1) is 12.3 Å². The molecule has 1 aromatic heterocycles. The van der Waals surface area contributed by atoms with E-state index in [1.165, 1.54) is 4.68 Å². The van der Waals surface area contributed by atoms with Crippen molar-refractivity contribution in [2.75, 3.05) is 6.61 Å². The van der Waals surface area contributed by atoms with Crippen LogP contribution in [0.2, 0.25) is 0 Å². The van der Waals surface area contributed by atoms with Crippen molar-refractivity contribution in [3.8, 4) is 0 Å². The van der Waals surface area contributed by atoms with Crippen molar-refractivity contribution >= 4 is 11.9 Å². The highest BCUT2D eigenvalue weighted by Gasteiger charge is 2.66. The number of hydrogen-bond donors (Lipinski definition) is 2. The lowest BCUT2D eigenvalue weighted by Gasteiger charge is -2.58. The van der Waals surface area contributed by atoms with Gasteiger partial charge in [0.25, 0.3) is 5.91 Å². The number of nitrogens with one attached hydrogen (secondary N) is 1. The Balaban J connectivity index is 2.26. The third-order valence-corrected chi connectivity index (χ3v) is 4.69. The first-order chi connectivity index (χ1) is 10.2. The second-order valence-electron chi connectivity index (χ2n) is 6.33. The Morgan fingerprint density at radius 1 is 1.55 bits per heavy atom. The van der Waals surface area contributed by atoms with Crippen LogP contribution in [0.5, 0.6) is 0 Å². The van der Waals surface area contributed by atoms with E-state index in [-0.39, 0.29) is 12.5 Å². The topological polar surface area (TPSA) is 93.5 Å². The lowest BCUT2D eigenvalue weighted by Crippen LogP contribution is -2.76. The molecule has 0 spiro atoms. The lowest BCUT2D eigenvalue weighted by molar-refractivity contribution is -0.190. The molecule has 0 unspecified atom stereocenters. The quantitative estimate of drug-likeness (QED) is 0.850. The Labute approximate surface area is 129 Å². The third kappa shape index (κ3) is 2.29. The van der Waals surface area contributed by atoms with Gasteiger partial charge in [0.15, 0.2) is 0 Å². The van der Waals surface area contributed by atoms with Gasteiger partial charge in [-0.15, -0.1) is 0 Å². The monoisotopic (exact) mass is 309 g/mol. The highest BCUT2D eigenvalue weighted by Crippen LogP contribution is 2.51. The first-order valence-electron chi connectivity index (χ1n) is 7.34. The number of rotatable bonds is 5. The molecule has 1 saturated carbocycles. The fourth-order valence-electron chi connectivity index (χ4n) is 3.12. The van der Waals surface area contributed by atoms with Crippen LogP contribution in [0.15, 0.2) is 6.07 Å². The second kappa shape index (κ2) is 5.39. The van der Waals surface area contributed by atoms with E-state index in [0.717, 1.165) is 0 Å². The van der Waals surface area contributed by atoms with E-state index in [9.17, 15) is 14.7 Å². The molecule has 2 rings (SSSR count). The third-order valence-electron chi connectivity index (χ3n) is 4.69. The summed E-state index contributed by atoms with van der Waals surface area (Å²) in [5.74, 6) is -1.48. The zero-order valence-corrected chi connectivity index (χ0v) is 13.6. The van der Waals surface area contributed by atoms with E-state index in [2.05, 4.69) is 10.4 Å². The Kier molecular flexibility index (Phi) is 4.04. The number of hydrogen-bond acceptors (Lipinski definition) is 4. The van der Waals surface area contributed by atoms with Crippen LogP contribution < -0.4 is 5.32 Å². The van der Waals surface area contributed by atoms with Gasteiger partial charge in [0.1, 0.15) is 11.2 Å². The molecule has 7 heteroatoms. The van der Waals surface area contributed by atoms with E-state index in [1.54, 1.807) is 33.9 Å². The maximum absolute atomic E-state index is 12.5. The van der Waals surface area contributed by atoms with Gasteiger partial charge in [-0.05, 0) is 19.9 Å². The molecule has 1 aromatic rings. The molecule has 1 heterocycles. The smallest absolute Gasteiger partial charge is 0.330 e. The van der Waals surface area contributed by atoms with Gasteiger partial charge in [-0.1, -0.05) is 13.8 Å². The molecule has 7 nitrogen and oxygen atoms in total. The molecule has 0 aliphatic heterocycles. The van der Waals surface area contributed by atoms with Crippen LogP contribution in [0.4, 0.5) is 0 Å². The molecule has 2 atom stereocenters. The number of nitrogens with zero attached hydrogens (tertiary/aromatic N) is 2. The summed E-state index contributed by atoms with van der Waals surface area (Å²) < 4.78 is 7.03. The fourth-order valence-corrected chi connectivity index (χ4v) is 3.12. The predicted molar refractivity (Wildman–Crippen MR) is 79.6 cm³/mol. The van der Waals surface area contributed by atoms with Crippen LogP contribution in [0.3, 0.4) is 0 Å². The van der Waals surface area contributed by atoms with Gasteiger partial charge in [-0.25, -0.2) is 4.79 Å². The zero-order chi connectivity index (χ0) is 16.7.